The van der Waals surface area contributed by atoms with E-state index >= 15 is 0 Å². The summed E-state index contributed by atoms with van der Waals surface area (Å²) in [6, 6.07) is 1.47. The van der Waals surface area contributed by atoms with Crippen LogP contribution in [0.3, 0.4) is 0 Å². The van der Waals surface area contributed by atoms with Crippen molar-refractivity contribution < 1.29 is 18.3 Å². The van der Waals surface area contributed by atoms with Crippen LogP contribution in [-0.2, 0) is 18.3 Å². The van der Waals surface area contributed by atoms with E-state index in [1.54, 1.807) is 14.2 Å². The van der Waals surface area contributed by atoms with Crippen molar-refractivity contribution in [3.63, 3.8) is 0 Å². The van der Waals surface area contributed by atoms with Crippen molar-refractivity contribution in [2.75, 3.05) is 20.8 Å². The van der Waals surface area contributed by atoms with Gasteiger partial charge in [-0.2, -0.15) is 0 Å². The summed E-state index contributed by atoms with van der Waals surface area (Å²) < 4.78 is 28.5. The molecule has 1 rings (SSSR count). The lowest BCUT2D eigenvalue weighted by molar-refractivity contribution is -0.232. The van der Waals surface area contributed by atoms with Crippen LogP contribution < -0.4 is 5.32 Å². The van der Waals surface area contributed by atoms with Gasteiger partial charge in [0.2, 0.25) is 5.53 Å². The Labute approximate surface area is 208 Å². The Bertz CT molecular complexity index is 600. The van der Waals surface area contributed by atoms with E-state index in [2.05, 4.69) is 83.4 Å². The summed E-state index contributed by atoms with van der Waals surface area (Å²) in [4.78, 5) is 0. The fraction of sp³-hybridized carbons (Fsp3) is 1.00. The number of nitrogens with zero attached hydrogens (tertiary/aromatic N) is 1. The molecule has 0 aliphatic carbocycles. The summed E-state index contributed by atoms with van der Waals surface area (Å²) in [5.41, 5.74) is -0.901. The Morgan fingerprint density at radius 1 is 0.969 bits per heavy atom. The van der Waals surface area contributed by atoms with Crippen LogP contribution in [0.25, 0.3) is 0 Å². The first-order valence-electron chi connectivity index (χ1n) is 12.1. The zero-order chi connectivity index (χ0) is 25.4. The third kappa shape index (κ3) is 5.04. The Balaban J connectivity index is 3.77. The SMILES string of the molecule is CCC(N([Si](C)(C)C)[Si](C)(C)C)C(C)(C)C(O[SiH3])(O[SiH3])C(C)(C)[SiH]1CCNC1(OC)OC. The third-order valence-electron chi connectivity index (χ3n) is 7.99. The van der Waals surface area contributed by atoms with E-state index in [4.69, 9.17) is 18.3 Å². The third-order valence-corrected chi connectivity index (χ3v) is 21.3. The van der Waals surface area contributed by atoms with Crippen molar-refractivity contribution in [1.29, 1.82) is 0 Å². The molecule has 32 heavy (non-hydrogen) atoms. The van der Waals surface area contributed by atoms with Gasteiger partial charge >= 0.3 is 0 Å². The van der Waals surface area contributed by atoms with Crippen molar-refractivity contribution in [3.8, 4) is 0 Å². The standard InChI is InChI=1S/C21H54N2O4Si5/c1-14-17(23(31(8,9)10)32(11,12)13)18(2,3)20(26-28,27-29)19(4,5)30-16-15-22-21(30,24-6)25-7/h17,22,30H,14-16H2,1-13,28-29H3. The van der Waals surface area contributed by atoms with Crippen molar-refractivity contribution in [1.82, 2.24) is 9.55 Å². The molecule has 0 aromatic heterocycles. The fourth-order valence-electron chi connectivity index (χ4n) is 7.42. The maximum absolute atomic E-state index is 6.72. The number of methoxy groups -OCH3 is 2. The van der Waals surface area contributed by atoms with Crippen LogP contribution in [0.15, 0.2) is 0 Å². The smallest absolute Gasteiger partial charge is 0.201 e. The molecule has 2 unspecified atom stereocenters. The van der Waals surface area contributed by atoms with Crippen molar-refractivity contribution in [2.24, 2.45) is 5.41 Å². The lowest BCUT2D eigenvalue weighted by Crippen LogP contribution is -2.73. The Morgan fingerprint density at radius 2 is 1.41 bits per heavy atom. The van der Waals surface area contributed by atoms with Gasteiger partial charge in [-0.05, 0) is 19.0 Å². The monoisotopic (exact) mass is 538 g/mol. The molecule has 1 aliphatic heterocycles. The van der Waals surface area contributed by atoms with Crippen LogP contribution in [0.1, 0.15) is 41.0 Å². The van der Waals surface area contributed by atoms with Gasteiger partial charge in [0.1, 0.15) is 46.2 Å². The minimum atomic E-state index is -1.73. The van der Waals surface area contributed by atoms with Gasteiger partial charge in [0.05, 0.1) is 0 Å². The number of nitrogens with one attached hydrogen (secondary N) is 1. The molecule has 0 aromatic carbocycles. The van der Waals surface area contributed by atoms with E-state index < -0.39 is 36.6 Å². The van der Waals surface area contributed by atoms with E-state index in [-0.39, 0.29) is 10.5 Å². The van der Waals surface area contributed by atoms with Crippen LogP contribution >= 0.6 is 0 Å². The summed E-state index contributed by atoms with van der Waals surface area (Å²) in [5, 5.41) is 3.33. The minimum Gasteiger partial charge on any atom is -0.402 e. The molecule has 0 aromatic rings. The molecular formula is C21H54N2O4Si5. The highest BCUT2D eigenvalue weighted by Gasteiger charge is 2.67. The molecule has 1 saturated heterocycles. The predicted molar refractivity (Wildman–Crippen MR) is 152 cm³/mol. The highest BCUT2D eigenvalue weighted by atomic mass is 28.4. The number of rotatable bonds is 12. The van der Waals surface area contributed by atoms with Gasteiger partial charge in [0.25, 0.3) is 0 Å². The van der Waals surface area contributed by atoms with Gasteiger partial charge in [-0.25, -0.2) is 0 Å². The average molecular weight is 539 g/mol. The van der Waals surface area contributed by atoms with Gasteiger partial charge in [0.15, 0.2) is 5.79 Å². The summed E-state index contributed by atoms with van der Waals surface area (Å²) in [6.07, 6.45) is 1.08. The van der Waals surface area contributed by atoms with Gasteiger partial charge in [-0.1, -0.05) is 73.9 Å². The zero-order valence-electron chi connectivity index (χ0n) is 23.9. The second-order valence-corrected chi connectivity index (χ2v) is 27.2. The number of hydrogen-bond acceptors (Lipinski definition) is 6. The van der Waals surface area contributed by atoms with Crippen LogP contribution in [0.4, 0.5) is 0 Å². The topological polar surface area (TPSA) is 52.2 Å². The van der Waals surface area contributed by atoms with Gasteiger partial charge in [0, 0.05) is 30.7 Å². The van der Waals surface area contributed by atoms with E-state index in [1.807, 2.05) is 0 Å². The van der Waals surface area contributed by atoms with Crippen molar-refractivity contribution in [2.45, 2.75) is 109 Å². The van der Waals surface area contributed by atoms with E-state index in [1.165, 1.54) is 0 Å². The lowest BCUT2D eigenvalue weighted by atomic mass is 9.70. The Morgan fingerprint density at radius 3 is 1.72 bits per heavy atom. The molecule has 0 bridgehead atoms. The fourth-order valence-corrected chi connectivity index (χ4v) is 26.1. The normalized spacial score (nSPS) is 23.6. The molecule has 0 spiro atoms. The molecule has 2 atom stereocenters. The highest BCUT2D eigenvalue weighted by molar-refractivity contribution is 6.89. The molecule has 0 radical (unpaired) electrons. The molecule has 1 fully saturated rings. The van der Waals surface area contributed by atoms with Crippen LogP contribution in [0.5, 0.6) is 0 Å². The van der Waals surface area contributed by atoms with E-state index in [0.29, 0.717) is 27.0 Å². The molecule has 1 aliphatic rings. The highest BCUT2D eigenvalue weighted by Crippen LogP contribution is 2.59. The number of ether oxygens (including phenoxy) is 2. The maximum Gasteiger partial charge on any atom is 0.201 e. The van der Waals surface area contributed by atoms with Gasteiger partial charge in [-0.15, -0.1) is 0 Å². The minimum absolute atomic E-state index is 0.210. The van der Waals surface area contributed by atoms with E-state index in [9.17, 15) is 0 Å². The Hall–Kier alpha value is 0.844. The first kappa shape index (κ1) is 30.9. The first-order chi connectivity index (χ1) is 14.4. The van der Waals surface area contributed by atoms with E-state index in [0.717, 1.165) is 19.0 Å². The summed E-state index contributed by atoms with van der Waals surface area (Å²) in [5.74, 6) is -0.679. The average Bonchev–Trinajstić information content (AvgIpc) is 3.10. The molecule has 192 valence electrons. The molecule has 0 saturated carbocycles. The lowest BCUT2D eigenvalue weighted by Gasteiger charge is -2.63. The van der Waals surface area contributed by atoms with Gasteiger partial charge < -0.3 is 22.6 Å². The zero-order valence-corrected chi connectivity index (χ0v) is 31.0. The van der Waals surface area contributed by atoms with Crippen molar-refractivity contribution in [3.05, 3.63) is 0 Å². The summed E-state index contributed by atoms with van der Waals surface area (Å²) in [6.45, 7) is 27.8. The second-order valence-electron chi connectivity index (χ2n) is 12.4. The van der Waals surface area contributed by atoms with Gasteiger partial charge in [-0.3, -0.25) is 5.32 Å². The molecule has 0 amide bonds. The van der Waals surface area contributed by atoms with Crippen LogP contribution in [-0.4, -0.2) is 88.6 Å². The summed E-state index contributed by atoms with van der Waals surface area (Å²) in [7, 11) is -0.149. The molecule has 11 heteroatoms. The molecule has 1 N–H and O–H groups in total. The van der Waals surface area contributed by atoms with Crippen LogP contribution in [0, 0.1) is 5.41 Å². The Kier molecular flexibility index (Phi) is 10.1. The number of hydrogen-bond donors (Lipinski definition) is 1. The largest absolute Gasteiger partial charge is 0.402 e. The summed E-state index contributed by atoms with van der Waals surface area (Å²) >= 11 is 0. The maximum atomic E-state index is 6.72. The predicted octanol–water partition coefficient (Wildman–Crippen LogP) is 2.15. The molecule has 6 nitrogen and oxygen atoms in total. The molecule has 1 heterocycles. The first-order valence-corrected chi connectivity index (χ1v) is 22.6. The second kappa shape index (κ2) is 10.4. The quantitative estimate of drug-likeness (QED) is 0.304. The molecular weight excluding hydrogens is 485 g/mol. The van der Waals surface area contributed by atoms with Crippen LogP contribution in [0.2, 0.25) is 50.4 Å². The van der Waals surface area contributed by atoms with Crippen molar-refractivity contribution >= 4 is 46.2 Å².